The summed E-state index contributed by atoms with van der Waals surface area (Å²) in [5.41, 5.74) is 1.76. The Labute approximate surface area is 124 Å². The molecule has 1 fully saturated rings. The van der Waals surface area contributed by atoms with Crippen LogP contribution < -0.4 is 5.32 Å². The van der Waals surface area contributed by atoms with E-state index in [9.17, 15) is 9.59 Å². The van der Waals surface area contributed by atoms with Gasteiger partial charge in [-0.25, -0.2) is 0 Å². The van der Waals surface area contributed by atoms with E-state index in [-0.39, 0.29) is 11.7 Å². The SMILES string of the molecule is CC(=O)c1ccccc1NC(=O)C1(c2ccccc2)CC1. The highest BCUT2D eigenvalue weighted by Gasteiger charge is 2.51. The topological polar surface area (TPSA) is 46.2 Å². The molecule has 3 rings (SSSR count). The van der Waals surface area contributed by atoms with Crippen molar-refractivity contribution in [2.24, 2.45) is 0 Å². The number of carbonyl (C=O) groups excluding carboxylic acids is 2. The number of hydrogen-bond acceptors (Lipinski definition) is 2. The first-order valence-electron chi connectivity index (χ1n) is 7.10. The number of Topliss-reactive ketones (excluding diaryl/α,β-unsaturated/α-hetero) is 1. The minimum atomic E-state index is -0.425. The Bertz CT molecular complexity index is 687. The molecule has 106 valence electrons. The van der Waals surface area contributed by atoms with Gasteiger partial charge in [0.2, 0.25) is 5.91 Å². The van der Waals surface area contributed by atoms with Gasteiger partial charge in [-0.3, -0.25) is 9.59 Å². The van der Waals surface area contributed by atoms with Gasteiger partial charge in [-0.05, 0) is 37.5 Å². The Morgan fingerprint density at radius 3 is 2.19 bits per heavy atom. The van der Waals surface area contributed by atoms with Crippen molar-refractivity contribution in [2.75, 3.05) is 5.32 Å². The molecule has 21 heavy (non-hydrogen) atoms. The largest absolute Gasteiger partial charge is 0.325 e. The van der Waals surface area contributed by atoms with E-state index in [1.165, 1.54) is 6.92 Å². The van der Waals surface area contributed by atoms with Crippen LogP contribution in [-0.2, 0) is 10.2 Å². The van der Waals surface area contributed by atoms with Gasteiger partial charge in [-0.15, -0.1) is 0 Å². The quantitative estimate of drug-likeness (QED) is 0.870. The first kappa shape index (κ1) is 13.6. The summed E-state index contributed by atoms with van der Waals surface area (Å²) in [4.78, 5) is 24.3. The zero-order valence-electron chi connectivity index (χ0n) is 11.9. The summed E-state index contributed by atoms with van der Waals surface area (Å²) in [7, 11) is 0. The standard InChI is InChI=1S/C18H17NO2/c1-13(20)15-9-5-6-10-16(15)19-17(21)18(11-12-18)14-7-3-2-4-8-14/h2-10H,11-12H2,1H3,(H,19,21). The van der Waals surface area contributed by atoms with Crippen molar-refractivity contribution < 1.29 is 9.59 Å². The van der Waals surface area contributed by atoms with Gasteiger partial charge in [0.05, 0.1) is 11.1 Å². The molecule has 2 aromatic rings. The van der Waals surface area contributed by atoms with Gasteiger partial charge in [-0.2, -0.15) is 0 Å². The molecule has 1 N–H and O–H groups in total. The van der Waals surface area contributed by atoms with Gasteiger partial charge in [0, 0.05) is 5.56 Å². The first-order valence-corrected chi connectivity index (χ1v) is 7.10. The maximum Gasteiger partial charge on any atom is 0.235 e. The molecule has 1 aliphatic carbocycles. The van der Waals surface area contributed by atoms with E-state index in [0.29, 0.717) is 11.3 Å². The molecule has 0 saturated heterocycles. The third kappa shape index (κ3) is 2.47. The van der Waals surface area contributed by atoms with Gasteiger partial charge < -0.3 is 5.32 Å². The van der Waals surface area contributed by atoms with Crippen molar-refractivity contribution >= 4 is 17.4 Å². The fraction of sp³-hybridized carbons (Fsp3) is 0.222. The second-order valence-corrected chi connectivity index (χ2v) is 5.50. The Hall–Kier alpha value is -2.42. The van der Waals surface area contributed by atoms with Crippen LogP contribution in [0.1, 0.15) is 35.7 Å². The lowest BCUT2D eigenvalue weighted by atomic mass is 9.94. The van der Waals surface area contributed by atoms with Crippen LogP contribution in [0.2, 0.25) is 0 Å². The second-order valence-electron chi connectivity index (χ2n) is 5.50. The Kier molecular flexibility index (Phi) is 3.34. The van der Waals surface area contributed by atoms with Crippen LogP contribution in [-0.4, -0.2) is 11.7 Å². The number of rotatable bonds is 4. The van der Waals surface area contributed by atoms with E-state index >= 15 is 0 Å². The number of para-hydroxylation sites is 1. The highest BCUT2D eigenvalue weighted by atomic mass is 16.2. The van der Waals surface area contributed by atoms with E-state index in [2.05, 4.69) is 5.32 Å². The van der Waals surface area contributed by atoms with Crippen LogP contribution in [0.25, 0.3) is 0 Å². The van der Waals surface area contributed by atoms with E-state index < -0.39 is 5.41 Å². The summed E-state index contributed by atoms with van der Waals surface area (Å²) in [6.45, 7) is 1.51. The molecule has 2 aromatic carbocycles. The normalized spacial score (nSPS) is 15.3. The van der Waals surface area contributed by atoms with Crippen LogP contribution in [0, 0.1) is 0 Å². The van der Waals surface area contributed by atoms with Crippen molar-refractivity contribution in [3.63, 3.8) is 0 Å². The molecule has 0 bridgehead atoms. The minimum absolute atomic E-state index is 0.0256. The Balaban J connectivity index is 1.87. The maximum atomic E-state index is 12.6. The summed E-state index contributed by atoms with van der Waals surface area (Å²) < 4.78 is 0. The summed E-state index contributed by atoms with van der Waals surface area (Å²) in [6.07, 6.45) is 1.70. The molecular formula is C18H17NO2. The molecule has 1 amide bonds. The van der Waals surface area contributed by atoms with Crippen molar-refractivity contribution in [2.45, 2.75) is 25.2 Å². The molecular weight excluding hydrogens is 262 g/mol. The number of amides is 1. The minimum Gasteiger partial charge on any atom is -0.325 e. The molecule has 0 aromatic heterocycles. The van der Waals surface area contributed by atoms with Crippen LogP contribution in [0.15, 0.2) is 54.6 Å². The molecule has 0 spiro atoms. The number of benzene rings is 2. The maximum absolute atomic E-state index is 12.6. The van der Waals surface area contributed by atoms with Gasteiger partial charge in [0.25, 0.3) is 0 Å². The van der Waals surface area contributed by atoms with Crippen LogP contribution in [0.3, 0.4) is 0 Å². The molecule has 1 aliphatic rings. The number of carbonyl (C=O) groups is 2. The lowest BCUT2D eigenvalue weighted by molar-refractivity contribution is -0.118. The molecule has 0 aliphatic heterocycles. The van der Waals surface area contributed by atoms with E-state index in [1.54, 1.807) is 18.2 Å². The molecule has 0 heterocycles. The molecule has 3 heteroatoms. The van der Waals surface area contributed by atoms with Gasteiger partial charge in [-0.1, -0.05) is 42.5 Å². The highest BCUT2D eigenvalue weighted by Crippen LogP contribution is 2.49. The lowest BCUT2D eigenvalue weighted by Gasteiger charge is -2.17. The molecule has 0 unspecified atom stereocenters. The number of anilines is 1. The Morgan fingerprint density at radius 1 is 0.952 bits per heavy atom. The molecule has 0 radical (unpaired) electrons. The number of nitrogens with one attached hydrogen (secondary N) is 1. The van der Waals surface area contributed by atoms with Crippen molar-refractivity contribution in [3.05, 3.63) is 65.7 Å². The predicted octanol–water partition coefficient (Wildman–Crippen LogP) is 3.56. The summed E-state index contributed by atoms with van der Waals surface area (Å²) >= 11 is 0. The van der Waals surface area contributed by atoms with E-state index in [1.807, 2.05) is 36.4 Å². The summed E-state index contributed by atoms with van der Waals surface area (Å²) in [5.74, 6) is -0.0714. The summed E-state index contributed by atoms with van der Waals surface area (Å²) in [5, 5.41) is 2.93. The highest BCUT2D eigenvalue weighted by molar-refractivity contribution is 6.07. The smallest absolute Gasteiger partial charge is 0.235 e. The Morgan fingerprint density at radius 2 is 1.57 bits per heavy atom. The first-order chi connectivity index (χ1) is 10.1. The number of hydrogen-bond donors (Lipinski definition) is 1. The molecule has 1 saturated carbocycles. The van der Waals surface area contributed by atoms with Crippen molar-refractivity contribution in [3.8, 4) is 0 Å². The van der Waals surface area contributed by atoms with Crippen molar-refractivity contribution in [1.82, 2.24) is 0 Å². The van der Waals surface area contributed by atoms with Gasteiger partial charge in [0.1, 0.15) is 0 Å². The predicted molar refractivity (Wildman–Crippen MR) is 82.4 cm³/mol. The van der Waals surface area contributed by atoms with Gasteiger partial charge >= 0.3 is 0 Å². The number of ketones is 1. The third-order valence-electron chi connectivity index (χ3n) is 4.07. The molecule has 3 nitrogen and oxygen atoms in total. The third-order valence-corrected chi connectivity index (χ3v) is 4.07. The average molecular weight is 279 g/mol. The zero-order valence-corrected chi connectivity index (χ0v) is 11.9. The zero-order chi connectivity index (χ0) is 14.9. The summed E-state index contributed by atoms with van der Waals surface area (Å²) in [6, 6.07) is 17.0. The monoisotopic (exact) mass is 279 g/mol. The van der Waals surface area contributed by atoms with Gasteiger partial charge in [0.15, 0.2) is 5.78 Å². The average Bonchev–Trinajstić information content (AvgIpc) is 3.30. The second kappa shape index (κ2) is 5.17. The van der Waals surface area contributed by atoms with Crippen molar-refractivity contribution in [1.29, 1.82) is 0 Å². The van der Waals surface area contributed by atoms with E-state index in [0.717, 1.165) is 18.4 Å². The lowest BCUT2D eigenvalue weighted by Crippen LogP contribution is -2.28. The fourth-order valence-electron chi connectivity index (χ4n) is 2.67. The van der Waals surface area contributed by atoms with E-state index in [4.69, 9.17) is 0 Å². The fourth-order valence-corrected chi connectivity index (χ4v) is 2.67. The van der Waals surface area contributed by atoms with Crippen LogP contribution >= 0.6 is 0 Å². The molecule has 0 atom stereocenters. The van der Waals surface area contributed by atoms with Crippen LogP contribution in [0.5, 0.6) is 0 Å². The van der Waals surface area contributed by atoms with Crippen LogP contribution in [0.4, 0.5) is 5.69 Å².